The summed E-state index contributed by atoms with van der Waals surface area (Å²) in [5.74, 6) is 0.495. The first kappa shape index (κ1) is 13.4. The van der Waals surface area contributed by atoms with Crippen molar-refractivity contribution in [1.29, 1.82) is 0 Å². The Hall–Kier alpha value is -1.06. The lowest BCUT2D eigenvalue weighted by molar-refractivity contribution is -0.142. The van der Waals surface area contributed by atoms with Gasteiger partial charge in [0, 0.05) is 5.92 Å². The molecule has 1 amide bonds. The Morgan fingerprint density at radius 2 is 1.78 bits per heavy atom. The van der Waals surface area contributed by atoms with Gasteiger partial charge in [0.15, 0.2) is 0 Å². The molecular weight excluding hydrogens is 230 g/mol. The molecule has 2 aliphatic carbocycles. The normalized spacial score (nSPS) is 31.6. The topological polar surface area (TPSA) is 66.4 Å². The highest BCUT2D eigenvalue weighted by molar-refractivity contribution is 5.87. The van der Waals surface area contributed by atoms with Crippen LogP contribution in [0.5, 0.6) is 0 Å². The second-order valence-electron chi connectivity index (χ2n) is 6.17. The lowest BCUT2D eigenvalue weighted by Crippen LogP contribution is -2.42. The molecule has 2 fully saturated rings. The predicted octanol–water partition coefficient (Wildman–Crippen LogP) is 2.04. The molecule has 0 saturated heterocycles. The predicted molar refractivity (Wildman–Crippen MR) is 68.0 cm³/mol. The number of carboxylic acids is 1. The quantitative estimate of drug-likeness (QED) is 0.788. The van der Waals surface area contributed by atoms with Gasteiger partial charge in [0.1, 0.15) is 6.04 Å². The largest absolute Gasteiger partial charge is 0.480 e. The second-order valence-corrected chi connectivity index (χ2v) is 6.17. The van der Waals surface area contributed by atoms with Gasteiger partial charge in [0.25, 0.3) is 0 Å². The van der Waals surface area contributed by atoms with Crippen molar-refractivity contribution in [1.82, 2.24) is 5.32 Å². The van der Waals surface area contributed by atoms with Crippen LogP contribution in [-0.2, 0) is 9.59 Å². The fourth-order valence-electron chi connectivity index (χ4n) is 3.34. The molecule has 2 N–H and O–H groups in total. The highest BCUT2D eigenvalue weighted by Gasteiger charge is 2.55. The van der Waals surface area contributed by atoms with E-state index in [1.807, 2.05) is 13.8 Å². The third-order valence-electron chi connectivity index (χ3n) is 4.28. The molecule has 4 nitrogen and oxygen atoms in total. The van der Waals surface area contributed by atoms with Crippen molar-refractivity contribution in [2.45, 2.75) is 52.0 Å². The molecule has 2 unspecified atom stereocenters. The monoisotopic (exact) mass is 253 g/mol. The minimum atomic E-state index is -0.916. The van der Waals surface area contributed by atoms with Crippen LogP contribution in [0, 0.1) is 23.7 Å². The van der Waals surface area contributed by atoms with E-state index < -0.39 is 12.0 Å². The minimum absolute atomic E-state index is 0.0278. The van der Waals surface area contributed by atoms with Gasteiger partial charge in [-0.1, -0.05) is 26.7 Å². The number of fused-ring (bicyclic) bond motifs is 1. The van der Waals surface area contributed by atoms with E-state index in [2.05, 4.69) is 5.32 Å². The number of aliphatic carboxylic acids is 1. The van der Waals surface area contributed by atoms with Crippen molar-refractivity contribution >= 4 is 11.9 Å². The Bertz CT molecular complexity index is 328. The molecule has 102 valence electrons. The van der Waals surface area contributed by atoms with E-state index in [1.165, 1.54) is 12.8 Å². The molecule has 2 aliphatic rings. The highest BCUT2D eigenvalue weighted by Crippen LogP contribution is 2.55. The molecule has 0 aromatic heterocycles. The van der Waals surface area contributed by atoms with Crippen LogP contribution in [0.4, 0.5) is 0 Å². The van der Waals surface area contributed by atoms with Gasteiger partial charge >= 0.3 is 5.97 Å². The Morgan fingerprint density at radius 1 is 1.22 bits per heavy atom. The van der Waals surface area contributed by atoms with Crippen LogP contribution >= 0.6 is 0 Å². The molecule has 0 aromatic rings. The molecule has 3 atom stereocenters. The van der Waals surface area contributed by atoms with E-state index in [0.29, 0.717) is 18.3 Å². The van der Waals surface area contributed by atoms with E-state index in [1.54, 1.807) is 0 Å². The number of hydrogen-bond acceptors (Lipinski definition) is 2. The third kappa shape index (κ3) is 2.85. The summed E-state index contributed by atoms with van der Waals surface area (Å²) < 4.78 is 0. The van der Waals surface area contributed by atoms with Gasteiger partial charge in [-0.05, 0) is 37.0 Å². The van der Waals surface area contributed by atoms with Crippen LogP contribution < -0.4 is 5.32 Å². The zero-order valence-corrected chi connectivity index (χ0v) is 11.2. The van der Waals surface area contributed by atoms with Crippen molar-refractivity contribution in [2.24, 2.45) is 23.7 Å². The van der Waals surface area contributed by atoms with Crippen LogP contribution in [0.1, 0.15) is 46.0 Å². The standard InChI is InChI=1S/C14H23NO3/c1-8(2)7-11(14(17)18)15-13(16)12-9-5-3-4-6-10(9)12/h8-12H,3-7H2,1-2H3,(H,15,16)(H,17,18)/t9?,10?,11-,12?/m1/s1. The van der Waals surface area contributed by atoms with Gasteiger partial charge < -0.3 is 10.4 Å². The van der Waals surface area contributed by atoms with Crippen LogP contribution in [0.25, 0.3) is 0 Å². The number of carbonyl (C=O) groups excluding carboxylic acids is 1. The number of carbonyl (C=O) groups is 2. The molecule has 0 radical (unpaired) electrons. The third-order valence-corrected chi connectivity index (χ3v) is 4.28. The Labute approximate surface area is 108 Å². The summed E-state index contributed by atoms with van der Waals surface area (Å²) in [6.07, 6.45) is 5.23. The molecule has 0 aromatic carbocycles. The molecule has 2 rings (SSSR count). The van der Waals surface area contributed by atoms with Crippen molar-refractivity contribution in [2.75, 3.05) is 0 Å². The minimum Gasteiger partial charge on any atom is -0.480 e. The summed E-state index contributed by atoms with van der Waals surface area (Å²) >= 11 is 0. The maximum Gasteiger partial charge on any atom is 0.326 e. The van der Waals surface area contributed by atoms with E-state index in [-0.39, 0.29) is 17.7 Å². The first-order chi connectivity index (χ1) is 8.50. The van der Waals surface area contributed by atoms with Crippen molar-refractivity contribution in [3.8, 4) is 0 Å². The van der Waals surface area contributed by atoms with Crippen LogP contribution in [0.3, 0.4) is 0 Å². The van der Waals surface area contributed by atoms with E-state index in [4.69, 9.17) is 5.11 Å². The summed E-state index contributed by atoms with van der Waals surface area (Å²) in [4.78, 5) is 23.2. The number of carboxylic acid groups (broad SMARTS) is 1. The van der Waals surface area contributed by atoms with E-state index in [9.17, 15) is 9.59 Å². The smallest absolute Gasteiger partial charge is 0.326 e. The van der Waals surface area contributed by atoms with Crippen LogP contribution in [-0.4, -0.2) is 23.0 Å². The molecule has 18 heavy (non-hydrogen) atoms. The SMILES string of the molecule is CC(C)C[C@@H](NC(=O)C1C2CCCCC21)C(=O)O. The lowest BCUT2D eigenvalue weighted by atomic mass is 10.0. The summed E-state index contributed by atoms with van der Waals surface area (Å²) in [7, 11) is 0. The van der Waals surface area contributed by atoms with Gasteiger partial charge in [0.05, 0.1) is 0 Å². The van der Waals surface area contributed by atoms with Crippen LogP contribution in [0.15, 0.2) is 0 Å². The van der Waals surface area contributed by atoms with E-state index in [0.717, 1.165) is 12.8 Å². The second kappa shape index (κ2) is 5.29. The number of amides is 1. The maximum absolute atomic E-state index is 12.1. The zero-order valence-electron chi connectivity index (χ0n) is 11.2. The average Bonchev–Trinajstić information content (AvgIpc) is 3.01. The zero-order chi connectivity index (χ0) is 13.3. The summed E-state index contributed by atoms with van der Waals surface area (Å²) in [6.45, 7) is 3.94. The average molecular weight is 253 g/mol. The number of rotatable bonds is 5. The van der Waals surface area contributed by atoms with Crippen molar-refractivity contribution in [3.05, 3.63) is 0 Å². The van der Waals surface area contributed by atoms with Gasteiger partial charge in [-0.3, -0.25) is 4.79 Å². The summed E-state index contributed by atoms with van der Waals surface area (Å²) in [5, 5.41) is 11.8. The van der Waals surface area contributed by atoms with Crippen LogP contribution in [0.2, 0.25) is 0 Å². The Morgan fingerprint density at radius 3 is 2.22 bits per heavy atom. The van der Waals surface area contributed by atoms with Gasteiger partial charge in [-0.25, -0.2) is 4.79 Å². The number of nitrogens with one attached hydrogen (secondary N) is 1. The van der Waals surface area contributed by atoms with Gasteiger partial charge in [0.2, 0.25) is 5.91 Å². The number of hydrogen-bond donors (Lipinski definition) is 2. The molecule has 0 spiro atoms. The first-order valence-corrected chi connectivity index (χ1v) is 7.04. The first-order valence-electron chi connectivity index (χ1n) is 7.04. The fourth-order valence-corrected chi connectivity index (χ4v) is 3.34. The molecule has 0 heterocycles. The molecule has 4 heteroatoms. The summed E-state index contributed by atoms with van der Waals surface area (Å²) in [5.41, 5.74) is 0. The van der Waals surface area contributed by atoms with Gasteiger partial charge in [-0.2, -0.15) is 0 Å². The summed E-state index contributed by atoms with van der Waals surface area (Å²) in [6, 6.07) is -0.722. The van der Waals surface area contributed by atoms with Gasteiger partial charge in [-0.15, -0.1) is 0 Å². The molecule has 2 saturated carbocycles. The molecule has 0 bridgehead atoms. The fraction of sp³-hybridized carbons (Fsp3) is 0.857. The Balaban J connectivity index is 1.87. The van der Waals surface area contributed by atoms with E-state index >= 15 is 0 Å². The molecular formula is C14H23NO3. The molecule has 0 aliphatic heterocycles. The highest BCUT2D eigenvalue weighted by atomic mass is 16.4. The van der Waals surface area contributed by atoms with Crippen molar-refractivity contribution < 1.29 is 14.7 Å². The maximum atomic E-state index is 12.1. The van der Waals surface area contributed by atoms with Crippen molar-refractivity contribution in [3.63, 3.8) is 0 Å². The lowest BCUT2D eigenvalue weighted by Gasteiger charge is -2.16. The Kier molecular flexibility index (Phi) is 3.93.